The summed E-state index contributed by atoms with van der Waals surface area (Å²) in [5.41, 5.74) is -0.440. The second-order valence-electron chi connectivity index (χ2n) is 8.99. The summed E-state index contributed by atoms with van der Waals surface area (Å²) >= 11 is 0. The first-order chi connectivity index (χ1) is 11.8. The zero-order chi connectivity index (χ0) is 18.1. The van der Waals surface area contributed by atoms with E-state index in [2.05, 4.69) is 27.7 Å². The van der Waals surface area contributed by atoms with E-state index < -0.39 is 5.79 Å². The Morgan fingerprint density at radius 3 is 2.40 bits per heavy atom. The van der Waals surface area contributed by atoms with Crippen LogP contribution in [0, 0.1) is 0 Å². The van der Waals surface area contributed by atoms with Crippen molar-refractivity contribution in [3.63, 3.8) is 0 Å². The van der Waals surface area contributed by atoms with E-state index in [0.29, 0.717) is 19.3 Å². The predicted octanol–water partition coefficient (Wildman–Crippen LogP) is 3.52. The van der Waals surface area contributed by atoms with Gasteiger partial charge in [0.05, 0.1) is 30.4 Å². The third-order valence-corrected chi connectivity index (χ3v) is 6.68. The summed E-state index contributed by atoms with van der Waals surface area (Å²) in [5, 5.41) is 10.5. The fourth-order valence-electron chi connectivity index (χ4n) is 5.20. The molecule has 2 atom stereocenters. The zero-order valence-electron chi connectivity index (χ0n) is 16.6. The summed E-state index contributed by atoms with van der Waals surface area (Å²) in [7, 11) is 0. The van der Waals surface area contributed by atoms with E-state index in [-0.39, 0.29) is 17.2 Å². The van der Waals surface area contributed by atoms with Gasteiger partial charge in [-0.2, -0.15) is 0 Å². The molecule has 146 valence electrons. The number of hydroxylamine groups is 2. The number of hydrogen-bond acceptors (Lipinski definition) is 4. The molecule has 0 aromatic heterocycles. The lowest BCUT2D eigenvalue weighted by Crippen LogP contribution is -2.66. The van der Waals surface area contributed by atoms with E-state index in [1.54, 1.807) is 0 Å². The Labute approximate surface area is 153 Å². The standard InChI is InChI=1S/C20H37NO4/c1-5-19(6-2)15-20(14-18(3,4)21(19)22)24-13-17(25-20)12-23-16-10-8-7-9-11-16/h16-17,22H,5-15H2,1-4H3/p+1. The zero-order valence-corrected chi connectivity index (χ0v) is 16.6. The van der Waals surface area contributed by atoms with Gasteiger partial charge in [-0.05, 0) is 39.5 Å². The topological polar surface area (TPSA) is 53.8 Å². The molecular formula is C20H38NO4+. The fraction of sp³-hybridized carbons (Fsp3) is 1.00. The van der Waals surface area contributed by atoms with Gasteiger partial charge in [0.25, 0.3) is 0 Å². The Bertz CT molecular complexity index is 445. The first kappa shape index (κ1) is 19.6. The van der Waals surface area contributed by atoms with Gasteiger partial charge < -0.3 is 19.4 Å². The molecule has 0 aromatic rings. The number of ether oxygens (including phenoxy) is 3. The highest BCUT2D eigenvalue weighted by Gasteiger charge is 2.61. The summed E-state index contributed by atoms with van der Waals surface area (Å²) in [5.74, 6) is -0.548. The molecule has 2 unspecified atom stereocenters. The van der Waals surface area contributed by atoms with Crippen LogP contribution in [0.4, 0.5) is 0 Å². The molecule has 2 saturated heterocycles. The van der Waals surface area contributed by atoms with Crippen LogP contribution in [-0.2, 0) is 14.2 Å². The minimum Gasteiger partial charge on any atom is -0.375 e. The summed E-state index contributed by atoms with van der Waals surface area (Å²) in [6.45, 7) is 9.89. The van der Waals surface area contributed by atoms with Gasteiger partial charge >= 0.3 is 0 Å². The van der Waals surface area contributed by atoms with Crippen LogP contribution < -0.4 is 0 Å². The molecule has 2 aliphatic heterocycles. The minimum absolute atomic E-state index is 0.0291. The van der Waals surface area contributed by atoms with Crippen molar-refractivity contribution < 1.29 is 19.4 Å². The average molecular weight is 357 g/mol. The molecule has 1 saturated carbocycles. The van der Waals surface area contributed by atoms with Crippen molar-refractivity contribution in [2.45, 2.75) is 115 Å². The van der Waals surface area contributed by atoms with Crippen LogP contribution in [0.25, 0.3) is 0 Å². The van der Waals surface area contributed by atoms with Gasteiger partial charge in [-0.25, -0.2) is 0 Å². The van der Waals surface area contributed by atoms with Crippen molar-refractivity contribution in [3.8, 4) is 0 Å². The molecule has 0 aromatic carbocycles. The molecule has 5 heteroatoms. The average Bonchev–Trinajstić information content (AvgIpc) is 2.99. The minimum atomic E-state index is -0.548. The van der Waals surface area contributed by atoms with Crippen molar-refractivity contribution in [1.82, 2.24) is 5.06 Å². The summed E-state index contributed by atoms with van der Waals surface area (Å²) in [6.07, 6.45) is 10.1. The maximum absolute atomic E-state index is 8.69. The molecule has 0 bridgehead atoms. The Hall–Kier alpha value is -0.200. The molecule has 3 fully saturated rings. The van der Waals surface area contributed by atoms with Gasteiger partial charge in [-0.3, -0.25) is 0 Å². The van der Waals surface area contributed by atoms with Crippen LogP contribution in [0.1, 0.15) is 85.5 Å². The molecule has 3 aliphatic rings. The monoisotopic (exact) mass is 356 g/mol. The fourth-order valence-corrected chi connectivity index (χ4v) is 5.20. The smallest absolute Gasteiger partial charge is 0.173 e. The summed E-state index contributed by atoms with van der Waals surface area (Å²) in [6, 6.07) is 0. The molecular weight excluding hydrogens is 318 g/mol. The highest BCUT2D eigenvalue weighted by Crippen LogP contribution is 2.50. The molecule has 0 radical (unpaired) electrons. The lowest BCUT2D eigenvalue weighted by Gasteiger charge is -2.53. The van der Waals surface area contributed by atoms with Crippen molar-refractivity contribution in [3.05, 3.63) is 0 Å². The van der Waals surface area contributed by atoms with Gasteiger partial charge in [-0.1, -0.05) is 38.2 Å². The molecule has 0 amide bonds. The Balaban J connectivity index is 1.63. The SMILES string of the molecule is CCC1(CC)CC2(CC(C)(C)N1[OH2+])OCC(COC1CCCCC1)O2. The number of piperidine rings is 1. The Morgan fingerprint density at radius 1 is 1.08 bits per heavy atom. The normalized spacial score (nSPS) is 36.1. The van der Waals surface area contributed by atoms with E-state index in [4.69, 9.17) is 19.4 Å². The van der Waals surface area contributed by atoms with Crippen LogP contribution in [0.15, 0.2) is 0 Å². The number of nitrogens with zero attached hydrogens (tertiary/aromatic N) is 1. The van der Waals surface area contributed by atoms with Crippen LogP contribution in [0.5, 0.6) is 0 Å². The van der Waals surface area contributed by atoms with Crippen molar-refractivity contribution in [2.75, 3.05) is 13.2 Å². The second-order valence-corrected chi connectivity index (χ2v) is 8.99. The van der Waals surface area contributed by atoms with E-state index in [1.807, 2.05) is 5.06 Å². The lowest BCUT2D eigenvalue weighted by atomic mass is 9.73. The molecule has 5 nitrogen and oxygen atoms in total. The number of rotatable bonds is 5. The van der Waals surface area contributed by atoms with E-state index in [9.17, 15) is 0 Å². The van der Waals surface area contributed by atoms with E-state index in [1.165, 1.54) is 32.1 Å². The van der Waals surface area contributed by atoms with Crippen molar-refractivity contribution in [2.24, 2.45) is 0 Å². The first-order valence-electron chi connectivity index (χ1n) is 10.3. The van der Waals surface area contributed by atoms with Gasteiger partial charge in [0, 0.05) is 12.8 Å². The van der Waals surface area contributed by atoms with Crippen LogP contribution in [-0.4, -0.2) is 52.6 Å². The van der Waals surface area contributed by atoms with E-state index in [0.717, 1.165) is 25.7 Å². The third kappa shape index (κ3) is 3.91. The molecule has 1 aliphatic carbocycles. The van der Waals surface area contributed by atoms with Gasteiger partial charge in [-0.15, -0.1) is 0 Å². The number of hydrogen-bond donors (Lipinski definition) is 0. The predicted molar refractivity (Wildman–Crippen MR) is 98.5 cm³/mol. The first-order valence-corrected chi connectivity index (χ1v) is 10.3. The summed E-state index contributed by atoms with van der Waals surface area (Å²) in [4.78, 5) is 0. The van der Waals surface area contributed by atoms with Gasteiger partial charge in [0.1, 0.15) is 6.10 Å². The summed E-state index contributed by atoms with van der Waals surface area (Å²) < 4.78 is 18.9. The molecule has 2 heterocycles. The van der Waals surface area contributed by atoms with Crippen LogP contribution >= 0.6 is 0 Å². The Kier molecular flexibility index (Phi) is 5.81. The highest BCUT2D eigenvalue weighted by atomic mass is 16.8. The molecule has 3 rings (SSSR count). The van der Waals surface area contributed by atoms with Gasteiger partial charge in [0.15, 0.2) is 5.79 Å². The molecule has 2 N–H and O–H groups in total. The largest absolute Gasteiger partial charge is 0.375 e. The van der Waals surface area contributed by atoms with Crippen molar-refractivity contribution >= 4 is 0 Å². The van der Waals surface area contributed by atoms with Crippen LogP contribution in [0.2, 0.25) is 0 Å². The maximum atomic E-state index is 8.69. The van der Waals surface area contributed by atoms with E-state index >= 15 is 0 Å². The van der Waals surface area contributed by atoms with Crippen LogP contribution in [0.3, 0.4) is 0 Å². The lowest BCUT2D eigenvalue weighted by molar-refractivity contribution is -0.327. The quantitative estimate of drug-likeness (QED) is 0.707. The second kappa shape index (κ2) is 7.43. The Morgan fingerprint density at radius 2 is 1.76 bits per heavy atom. The third-order valence-electron chi connectivity index (χ3n) is 6.68. The maximum Gasteiger partial charge on any atom is 0.173 e. The van der Waals surface area contributed by atoms with Gasteiger partial charge in [0.2, 0.25) is 0 Å². The molecule has 25 heavy (non-hydrogen) atoms. The molecule has 1 spiro atoms. The highest BCUT2D eigenvalue weighted by molar-refractivity contribution is 5.05. The van der Waals surface area contributed by atoms with Crippen molar-refractivity contribution in [1.29, 1.82) is 0 Å².